The normalized spacial score (nSPS) is 27.9. The van der Waals surface area contributed by atoms with Gasteiger partial charge in [0.05, 0.1) is 19.3 Å². The van der Waals surface area contributed by atoms with Crippen molar-refractivity contribution in [2.24, 2.45) is 10.9 Å². The zero-order valence-electron chi connectivity index (χ0n) is 12.9. The number of aliphatic imine (C=N–C) groups is 1. The Morgan fingerprint density at radius 1 is 1.40 bits per heavy atom. The van der Waals surface area contributed by atoms with Crippen molar-refractivity contribution >= 4 is 5.96 Å². The van der Waals surface area contributed by atoms with Gasteiger partial charge >= 0.3 is 0 Å². The monoisotopic (exact) mass is 283 g/mol. The molecular formula is C15H29N3O2. The maximum atomic E-state index is 5.66. The van der Waals surface area contributed by atoms with Crippen LogP contribution in [0.4, 0.5) is 0 Å². The molecule has 2 atom stereocenters. The van der Waals surface area contributed by atoms with Gasteiger partial charge < -0.3 is 19.7 Å². The van der Waals surface area contributed by atoms with Crippen molar-refractivity contribution in [3.63, 3.8) is 0 Å². The average Bonchev–Trinajstić information content (AvgIpc) is 2.96. The van der Waals surface area contributed by atoms with Crippen LogP contribution < -0.4 is 5.32 Å². The molecule has 20 heavy (non-hydrogen) atoms. The number of nitrogens with one attached hydrogen (secondary N) is 1. The summed E-state index contributed by atoms with van der Waals surface area (Å²) in [5, 5.41) is 3.40. The highest BCUT2D eigenvalue weighted by Crippen LogP contribution is 2.15. The number of nitrogens with zero attached hydrogens (tertiary/aromatic N) is 2. The Morgan fingerprint density at radius 3 is 3.00 bits per heavy atom. The third-order valence-electron chi connectivity index (χ3n) is 4.03. The first-order valence-electron chi connectivity index (χ1n) is 7.94. The first kappa shape index (κ1) is 15.6. The highest BCUT2D eigenvalue weighted by Gasteiger charge is 2.19. The van der Waals surface area contributed by atoms with Gasteiger partial charge in [-0.25, -0.2) is 0 Å². The maximum Gasteiger partial charge on any atom is 0.193 e. The van der Waals surface area contributed by atoms with Crippen LogP contribution in [0.3, 0.4) is 0 Å². The van der Waals surface area contributed by atoms with Gasteiger partial charge in [0.25, 0.3) is 0 Å². The van der Waals surface area contributed by atoms with Crippen molar-refractivity contribution in [3.05, 3.63) is 0 Å². The van der Waals surface area contributed by atoms with Crippen LogP contribution in [0.2, 0.25) is 0 Å². The van der Waals surface area contributed by atoms with E-state index in [1.165, 1.54) is 19.3 Å². The fourth-order valence-electron chi connectivity index (χ4n) is 2.94. The van der Waals surface area contributed by atoms with Crippen molar-refractivity contribution in [1.82, 2.24) is 10.2 Å². The summed E-state index contributed by atoms with van der Waals surface area (Å²) in [5.74, 6) is 1.77. The molecule has 2 aliphatic heterocycles. The lowest BCUT2D eigenvalue weighted by atomic mass is 10.0. The Kier molecular flexibility index (Phi) is 6.60. The molecule has 0 aliphatic carbocycles. The second-order valence-electron chi connectivity index (χ2n) is 5.88. The lowest BCUT2D eigenvalue weighted by molar-refractivity contribution is 0.0189. The molecule has 2 rings (SSSR count). The summed E-state index contributed by atoms with van der Waals surface area (Å²) < 4.78 is 11.2. The second kappa shape index (κ2) is 8.47. The average molecular weight is 283 g/mol. The predicted molar refractivity (Wildman–Crippen MR) is 81.1 cm³/mol. The van der Waals surface area contributed by atoms with Crippen molar-refractivity contribution in [1.29, 1.82) is 0 Å². The second-order valence-corrected chi connectivity index (χ2v) is 5.88. The largest absolute Gasteiger partial charge is 0.377 e. The molecule has 0 aromatic carbocycles. The van der Waals surface area contributed by atoms with E-state index >= 15 is 0 Å². The van der Waals surface area contributed by atoms with Gasteiger partial charge in [0.15, 0.2) is 5.96 Å². The molecule has 0 bridgehead atoms. The summed E-state index contributed by atoms with van der Waals surface area (Å²) in [6.07, 6.45) is 5.22. The highest BCUT2D eigenvalue weighted by atomic mass is 16.5. The molecule has 0 radical (unpaired) electrons. The van der Waals surface area contributed by atoms with E-state index < -0.39 is 0 Å². The van der Waals surface area contributed by atoms with Crippen LogP contribution in [-0.2, 0) is 9.47 Å². The number of ether oxygens (including phenoxy) is 2. The standard InChI is InChI=1S/C15H29N3O2/c1-13-5-3-8-18(11-13)15(16-2)17-7-10-19-12-14-6-4-9-20-14/h13-14H,3-12H2,1-2H3,(H,16,17). The van der Waals surface area contributed by atoms with E-state index in [0.717, 1.165) is 51.1 Å². The van der Waals surface area contributed by atoms with Crippen LogP contribution in [0.15, 0.2) is 4.99 Å². The molecule has 5 nitrogen and oxygen atoms in total. The molecule has 2 heterocycles. The number of rotatable bonds is 5. The van der Waals surface area contributed by atoms with Gasteiger partial charge in [-0.2, -0.15) is 0 Å². The Hall–Kier alpha value is -0.810. The number of piperidine rings is 1. The molecule has 0 saturated carbocycles. The smallest absolute Gasteiger partial charge is 0.193 e. The van der Waals surface area contributed by atoms with Crippen LogP contribution in [0.25, 0.3) is 0 Å². The van der Waals surface area contributed by atoms with E-state index in [4.69, 9.17) is 9.47 Å². The zero-order chi connectivity index (χ0) is 14.2. The van der Waals surface area contributed by atoms with Gasteiger partial charge in [0, 0.05) is 33.3 Å². The zero-order valence-corrected chi connectivity index (χ0v) is 12.9. The summed E-state index contributed by atoms with van der Waals surface area (Å²) in [6.45, 7) is 7.67. The number of likely N-dealkylation sites (tertiary alicyclic amines) is 1. The molecule has 0 aromatic rings. The third-order valence-corrected chi connectivity index (χ3v) is 4.03. The van der Waals surface area contributed by atoms with E-state index in [1.807, 2.05) is 7.05 Å². The minimum atomic E-state index is 0.317. The van der Waals surface area contributed by atoms with E-state index in [9.17, 15) is 0 Å². The maximum absolute atomic E-state index is 5.66. The summed E-state index contributed by atoms with van der Waals surface area (Å²) >= 11 is 0. The molecule has 2 unspecified atom stereocenters. The van der Waals surface area contributed by atoms with Crippen LogP contribution in [0, 0.1) is 5.92 Å². The summed E-state index contributed by atoms with van der Waals surface area (Å²) in [4.78, 5) is 6.73. The fraction of sp³-hybridized carbons (Fsp3) is 0.933. The Bertz CT molecular complexity index is 303. The third kappa shape index (κ3) is 4.94. The SMILES string of the molecule is CN=C(NCCOCC1CCCO1)N1CCCC(C)C1. The number of guanidine groups is 1. The molecule has 2 aliphatic rings. The first-order chi connectivity index (χ1) is 9.79. The molecule has 0 amide bonds. The molecular weight excluding hydrogens is 254 g/mol. The molecule has 2 fully saturated rings. The van der Waals surface area contributed by atoms with Crippen molar-refractivity contribution in [2.75, 3.05) is 46.5 Å². The molecule has 116 valence electrons. The van der Waals surface area contributed by atoms with Gasteiger partial charge in [-0.05, 0) is 31.6 Å². The molecule has 1 N–H and O–H groups in total. The molecule has 0 aromatic heterocycles. The van der Waals surface area contributed by atoms with Gasteiger partial charge in [-0.3, -0.25) is 4.99 Å². The number of hydrogen-bond donors (Lipinski definition) is 1. The van der Waals surface area contributed by atoms with E-state index in [2.05, 4.69) is 22.1 Å². The predicted octanol–water partition coefficient (Wildman–Crippen LogP) is 1.49. The Morgan fingerprint density at radius 2 is 2.30 bits per heavy atom. The van der Waals surface area contributed by atoms with Crippen LogP contribution in [0.1, 0.15) is 32.6 Å². The lowest BCUT2D eigenvalue weighted by Crippen LogP contribution is -2.47. The van der Waals surface area contributed by atoms with Crippen LogP contribution in [0.5, 0.6) is 0 Å². The van der Waals surface area contributed by atoms with E-state index in [0.29, 0.717) is 12.7 Å². The highest BCUT2D eigenvalue weighted by molar-refractivity contribution is 5.79. The van der Waals surface area contributed by atoms with Crippen molar-refractivity contribution in [2.45, 2.75) is 38.7 Å². The summed E-state index contributed by atoms with van der Waals surface area (Å²) in [7, 11) is 1.86. The first-order valence-corrected chi connectivity index (χ1v) is 7.94. The topological polar surface area (TPSA) is 46.1 Å². The fourth-order valence-corrected chi connectivity index (χ4v) is 2.94. The van der Waals surface area contributed by atoms with Crippen LogP contribution >= 0.6 is 0 Å². The van der Waals surface area contributed by atoms with Gasteiger partial charge in [0.2, 0.25) is 0 Å². The minimum Gasteiger partial charge on any atom is -0.377 e. The van der Waals surface area contributed by atoms with E-state index in [-0.39, 0.29) is 0 Å². The van der Waals surface area contributed by atoms with Gasteiger partial charge in [0.1, 0.15) is 0 Å². The molecule has 0 spiro atoms. The van der Waals surface area contributed by atoms with E-state index in [1.54, 1.807) is 0 Å². The summed E-state index contributed by atoms with van der Waals surface area (Å²) in [5.41, 5.74) is 0. The Balaban J connectivity index is 1.58. The van der Waals surface area contributed by atoms with Gasteiger partial charge in [-0.1, -0.05) is 6.92 Å². The lowest BCUT2D eigenvalue weighted by Gasteiger charge is -2.33. The van der Waals surface area contributed by atoms with Crippen molar-refractivity contribution < 1.29 is 9.47 Å². The summed E-state index contributed by atoms with van der Waals surface area (Å²) in [6, 6.07) is 0. The Labute approximate surface area is 122 Å². The minimum absolute atomic E-state index is 0.317. The quantitative estimate of drug-likeness (QED) is 0.472. The van der Waals surface area contributed by atoms with Crippen LogP contribution in [-0.4, -0.2) is 63.5 Å². The van der Waals surface area contributed by atoms with Crippen molar-refractivity contribution in [3.8, 4) is 0 Å². The van der Waals surface area contributed by atoms with Gasteiger partial charge in [-0.15, -0.1) is 0 Å². The molecule has 2 saturated heterocycles. The molecule has 5 heteroatoms. The number of hydrogen-bond acceptors (Lipinski definition) is 3.